The van der Waals surface area contributed by atoms with E-state index in [4.69, 9.17) is 4.74 Å². The summed E-state index contributed by atoms with van der Waals surface area (Å²) in [6.07, 6.45) is 0. The van der Waals surface area contributed by atoms with Crippen molar-refractivity contribution in [1.29, 1.82) is 0 Å². The number of nitrogens with one attached hydrogen (secondary N) is 1. The van der Waals surface area contributed by atoms with Crippen LogP contribution in [0.5, 0.6) is 0 Å². The molecule has 0 fully saturated rings. The van der Waals surface area contributed by atoms with E-state index in [9.17, 15) is 23.2 Å². The molecule has 9 heteroatoms. The first-order valence-corrected chi connectivity index (χ1v) is 8.71. The number of ether oxygens (including phenoxy) is 1. The third kappa shape index (κ3) is 4.29. The molecule has 1 amide bonds. The molecule has 0 aliphatic carbocycles. The number of rotatable bonds is 5. The number of nitrogens with zero attached hydrogens (tertiary/aromatic N) is 2. The zero-order chi connectivity index (χ0) is 21.1. The number of benzene rings is 2. The van der Waals surface area contributed by atoms with Crippen molar-refractivity contribution < 1.29 is 23.1 Å². The van der Waals surface area contributed by atoms with E-state index in [1.54, 1.807) is 38.1 Å². The van der Waals surface area contributed by atoms with Gasteiger partial charge in [0.25, 0.3) is 11.5 Å². The molecule has 7 nitrogen and oxygen atoms in total. The molecular weight excluding hydrogens is 384 g/mol. The number of anilines is 1. The van der Waals surface area contributed by atoms with E-state index in [2.05, 4.69) is 10.4 Å². The second-order valence-corrected chi connectivity index (χ2v) is 6.49. The van der Waals surface area contributed by atoms with Crippen molar-refractivity contribution in [3.8, 4) is 0 Å². The van der Waals surface area contributed by atoms with Gasteiger partial charge in [0.2, 0.25) is 0 Å². The summed E-state index contributed by atoms with van der Waals surface area (Å²) >= 11 is 0. The Morgan fingerprint density at radius 1 is 1.10 bits per heavy atom. The van der Waals surface area contributed by atoms with Crippen LogP contribution in [0.4, 0.5) is 14.5 Å². The molecule has 0 aliphatic heterocycles. The molecule has 1 aromatic heterocycles. The average Bonchev–Trinajstić information content (AvgIpc) is 2.69. The van der Waals surface area contributed by atoms with E-state index < -0.39 is 30.1 Å². The molecule has 0 unspecified atom stereocenters. The van der Waals surface area contributed by atoms with Crippen molar-refractivity contribution in [3.05, 3.63) is 70.1 Å². The fourth-order valence-corrected chi connectivity index (χ4v) is 2.68. The van der Waals surface area contributed by atoms with Gasteiger partial charge >= 0.3 is 5.97 Å². The van der Waals surface area contributed by atoms with Crippen molar-refractivity contribution in [2.24, 2.45) is 0 Å². The van der Waals surface area contributed by atoms with Gasteiger partial charge in [-0.2, -0.15) is 5.10 Å². The van der Waals surface area contributed by atoms with Crippen LogP contribution in [0.25, 0.3) is 10.8 Å². The predicted octanol–water partition coefficient (Wildman–Crippen LogP) is 3.05. The third-order valence-corrected chi connectivity index (χ3v) is 4.05. The lowest BCUT2D eigenvalue weighted by molar-refractivity contribution is -0.119. The summed E-state index contributed by atoms with van der Waals surface area (Å²) in [4.78, 5) is 37.0. The topological polar surface area (TPSA) is 90.3 Å². The molecule has 0 atom stereocenters. The van der Waals surface area contributed by atoms with E-state index in [1.807, 2.05) is 0 Å². The van der Waals surface area contributed by atoms with Crippen molar-refractivity contribution >= 4 is 28.3 Å². The van der Waals surface area contributed by atoms with Crippen LogP contribution in [0, 0.1) is 11.6 Å². The van der Waals surface area contributed by atoms with Crippen LogP contribution in [0.1, 0.15) is 30.4 Å². The highest BCUT2D eigenvalue weighted by molar-refractivity contribution is 6.03. The molecule has 0 bridgehead atoms. The SMILES string of the molecule is CC(C)n1nc(C(=O)OCC(=O)Nc2ccc(F)c(F)c2)c2ccccc2c1=O. The molecule has 29 heavy (non-hydrogen) atoms. The molecule has 0 saturated carbocycles. The number of fused-ring (bicyclic) bond motifs is 1. The second kappa shape index (κ2) is 8.17. The van der Waals surface area contributed by atoms with Crippen LogP contribution in [-0.2, 0) is 9.53 Å². The van der Waals surface area contributed by atoms with E-state index in [0.717, 1.165) is 12.1 Å². The quantitative estimate of drug-likeness (QED) is 0.664. The normalized spacial score (nSPS) is 10.9. The van der Waals surface area contributed by atoms with Crippen LogP contribution >= 0.6 is 0 Å². The Bertz CT molecular complexity index is 1160. The Morgan fingerprint density at radius 2 is 1.79 bits per heavy atom. The van der Waals surface area contributed by atoms with Gasteiger partial charge in [-0.25, -0.2) is 18.3 Å². The molecule has 1 N–H and O–H groups in total. The van der Waals surface area contributed by atoms with Gasteiger partial charge in [0.05, 0.1) is 11.4 Å². The average molecular weight is 401 g/mol. The molecule has 0 aliphatic rings. The number of halogens is 2. The zero-order valence-corrected chi connectivity index (χ0v) is 15.6. The fourth-order valence-electron chi connectivity index (χ4n) is 2.68. The summed E-state index contributed by atoms with van der Waals surface area (Å²) in [6, 6.07) is 9.00. The molecule has 150 valence electrons. The Hall–Kier alpha value is -3.62. The number of hydrogen-bond donors (Lipinski definition) is 1. The Labute approximate surface area is 163 Å². The molecule has 0 saturated heterocycles. The lowest BCUT2D eigenvalue weighted by atomic mass is 10.1. The van der Waals surface area contributed by atoms with Crippen molar-refractivity contribution in [2.75, 3.05) is 11.9 Å². The standard InChI is InChI=1S/C20H17F2N3O4/c1-11(2)25-19(27)14-6-4-3-5-13(14)18(24-25)20(28)29-10-17(26)23-12-7-8-15(21)16(22)9-12/h3-9,11H,10H2,1-2H3,(H,23,26). The van der Waals surface area contributed by atoms with Gasteiger partial charge in [-0.05, 0) is 32.0 Å². The molecule has 0 spiro atoms. The molecule has 3 aromatic rings. The monoisotopic (exact) mass is 401 g/mol. The Kier molecular flexibility index (Phi) is 5.67. The number of amides is 1. The number of hydrogen-bond acceptors (Lipinski definition) is 5. The highest BCUT2D eigenvalue weighted by Gasteiger charge is 2.20. The van der Waals surface area contributed by atoms with Gasteiger partial charge in [-0.1, -0.05) is 18.2 Å². The largest absolute Gasteiger partial charge is 0.451 e. The molecular formula is C20H17F2N3O4. The van der Waals surface area contributed by atoms with Gasteiger partial charge in [0, 0.05) is 17.1 Å². The van der Waals surface area contributed by atoms with Crippen LogP contribution in [0.15, 0.2) is 47.3 Å². The molecule has 0 radical (unpaired) electrons. The lowest BCUT2D eigenvalue weighted by Crippen LogP contribution is -2.28. The first-order valence-electron chi connectivity index (χ1n) is 8.71. The molecule has 3 rings (SSSR count). The minimum atomic E-state index is -1.12. The maximum Gasteiger partial charge on any atom is 0.359 e. The summed E-state index contributed by atoms with van der Waals surface area (Å²) in [5.74, 6) is -3.80. The van der Waals surface area contributed by atoms with E-state index in [-0.39, 0.29) is 23.0 Å². The van der Waals surface area contributed by atoms with E-state index in [0.29, 0.717) is 10.8 Å². The van der Waals surface area contributed by atoms with Crippen molar-refractivity contribution in [2.45, 2.75) is 19.9 Å². The van der Waals surface area contributed by atoms with Gasteiger partial charge in [0.15, 0.2) is 23.9 Å². The maximum atomic E-state index is 13.2. The number of aromatic nitrogens is 2. The van der Waals surface area contributed by atoms with Crippen molar-refractivity contribution in [3.63, 3.8) is 0 Å². The van der Waals surface area contributed by atoms with Gasteiger partial charge in [0.1, 0.15) is 0 Å². The predicted molar refractivity (Wildman–Crippen MR) is 102 cm³/mol. The van der Waals surface area contributed by atoms with Crippen molar-refractivity contribution in [1.82, 2.24) is 9.78 Å². The zero-order valence-electron chi connectivity index (χ0n) is 15.6. The highest BCUT2D eigenvalue weighted by Crippen LogP contribution is 2.16. The summed E-state index contributed by atoms with van der Waals surface area (Å²) < 4.78 is 32.3. The number of carbonyl (C=O) groups excluding carboxylic acids is 2. The first kappa shape index (κ1) is 20.1. The van der Waals surface area contributed by atoms with Crippen LogP contribution in [0.3, 0.4) is 0 Å². The Morgan fingerprint density at radius 3 is 2.45 bits per heavy atom. The van der Waals surface area contributed by atoms with E-state index in [1.165, 1.54) is 10.7 Å². The Balaban J connectivity index is 1.79. The van der Waals surface area contributed by atoms with Crippen LogP contribution < -0.4 is 10.9 Å². The summed E-state index contributed by atoms with van der Waals surface area (Å²) in [5.41, 5.74) is -0.431. The maximum absolute atomic E-state index is 13.2. The summed E-state index contributed by atoms with van der Waals surface area (Å²) in [6.45, 7) is 2.82. The van der Waals surface area contributed by atoms with Gasteiger partial charge in [-0.15, -0.1) is 0 Å². The minimum absolute atomic E-state index is 0.0156. The minimum Gasteiger partial charge on any atom is -0.451 e. The molecule has 1 heterocycles. The number of esters is 1. The van der Waals surface area contributed by atoms with Crippen LogP contribution in [0.2, 0.25) is 0 Å². The molecule has 2 aromatic carbocycles. The lowest BCUT2D eigenvalue weighted by Gasteiger charge is -2.13. The fraction of sp³-hybridized carbons (Fsp3) is 0.200. The number of carbonyl (C=O) groups is 2. The third-order valence-electron chi connectivity index (χ3n) is 4.05. The smallest absolute Gasteiger partial charge is 0.359 e. The second-order valence-electron chi connectivity index (χ2n) is 6.49. The van der Waals surface area contributed by atoms with Crippen LogP contribution in [-0.4, -0.2) is 28.3 Å². The van der Waals surface area contributed by atoms with Gasteiger partial charge < -0.3 is 10.1 Å². The highest BCUT2D eigenvalue weighted by atomic mass is 19.2. The first-order chi connectivity index (χ1) is 13.8. The van der Waals surface area contributed by atoms with E-state index >= 15 is 0 Å². The summed E-state index contributed by atoms with van der Waals surface area (Å²) in [5, 5.41) is 6.99. The summed E-state index contributed by atoms with van der Waals surface area (Å²) in [7, 11) is 0. The van der Waals surface area contributed by atoms with Gasteiger partial charge in [-0.3, -0.25) is 9.59 Å².